The second-order valence-electron chi connectivity index (χ2n) is 6.03. The van der Waals surface area contributed by atoms with Gasteiger partial charge in [-0.25, -0.2) is 0 Å². The van der Waals surface area contributed by atoms with Gasteiger partial charge >= 0.3 is 0 Å². The van der Waals surface area contributed by atoms with Crippen LogP contribution in [0.25, 0.3) is 10.9 Å². The first-order valence-electron chi connectivity index (χ1n) is 8.22. The SMILES string of the molecule is C=C(Br)CN(CCc1c[nH]c2ccccc12)C1=CCC(OC)=CC1. The number of fused-ring (bicyclic) bond motifs is 1. The number of halogens is 1. The first-order valence-corrected chi connectivity index (χ1v) is 9.02. The van der Waals surface area contributed by atoms with Crippen LogP contribution < -0.4 is 0 Å². The number of hydrogen-bond acceptors (Lipinski definition) is 2. The maximum absolute atomic E-state index is 5.33. The fourth-order valence-electron chi connectivity index (χ4n) is 3.15. The Labute approximate surface area is 151 Å². The van der Waals surface area contributed by atoms with Crippen LogP contribution in [0, 0.1) is 0 Å². The van der Waals surface area contributed by atoms with Gasteiger partial charge in [0.05, 0.1) is 12.9 Å². The van der Waals surface area contributed by atoms with E-state index in [2.05, 4.69) is 75.0 Å². The summed E-state index contributed by atoms with van der Waals surface area (Å²) in [5.41, 5.74) is 3.91. The van der Waals surface area contributed by atoms with Gasteiger partial charge in [0.1, 0.15) is 0 Å². The quantitative estimate of drug-likeness (QED) is 0.714. The highest BCUT2D eigenvalue weighted by Gasteiger charge is 2.14. The van der Waals surface area contributed by atoms with Gasteiger partial charge in [0.15, 0.2) is 0 Å². The summed E-state index contributed by atoms with van der Waals surface area (Å²) in [4.78, 5) is 5.76. The Morgan fingerprint density at radius 1 is 1.29 bits per heavy atom. The number of H-pyrrole nitrogens is 1. The summed E-state index contributed by atoms with van der Waals surface area (Å²) in [6.07, 6.45) is 9.35. The zero-order valence-corrected chi connectivity index (χ0v) is 15.6. The molecule has 0 radical (unpaired) electrons. The van der Waals surface area contributed by atoms with Crippen molar-refractivity contribution in [1.29, 1.82) is 0 Å². The summed E-state index contributed by atoms with van der Waals surface area (Å²) in [5, 5.41) is 1.31. The van der Waals surface area contributed by atoms with E-state index >= 15 is 0 Å². The van der Waals surface area contributed by atoms with E-state index in [0.717, 1.165) is 42.6 Å². The van der Waals surface area contributed by atoms with E-state index in [-0.39, 0.29) is 0 Å². The average molecular weight is 387 g/mol. The molecule has 126 valence electrons. The monoisotopic (exact) mass is 386 g/mol. The van der Waals surface area contributed by atoms with Gasteiger partial charge < -0.3 is 14.6 Å². The number of methoxy groups -OCH3 is 1. The number of ether oxygens (including phenoxy) is 1. The van der Waals surface area contributed by atoms with E-state index in [0.29, 0.717) is 0 Å². The van der Waals surface area contributed by atoms with Crippen molar-refractivity contribution in [2.75, 3.05) is 20.2 Å². The largest absolute Gasteiger partial charge is 0.501 e. The van der Waals surface area contributed by atoms with Crippen LogP contribution in [0.1, 0.15) is 18.4 Å². The number of para-hydroxylation sites is 1. The number of aromatic amines is 1. The fourth-order valence-corrected chi connectivity index (χ4v) is 3.46. The average Bonchev–Trinajstić information content (AvgIpc) is 3.02. The molecule has 2 aromatic rings. The van der Waals surface area contributed by atoms with E-state index in [1.165, 1.54) is 22.2 Å². The van der Waals surface area contributed by atoms with Gasteiger partial charge in [0.25, 0.3) is 0 Å². The number of nitrogens with one attached hydrogen (secondary N) is 1. The van der Waals surface area contributed by atoms with Crippen LogP contribution in [0.15, 0.2) is 65.1 Å². The van der Waals surface area contributed by atoms with E-state index in [4.69, 9.17) is 4.74 Å². The maximum atomic E-state index is 5.33. The van der Waals surface area contributed by atoms with Crippen molar-refractivity contribution < 1.29 is 4.74 Å². The Bertz CT molecular complexity index is 788. The molecule has 1 aliphatic rings. The molecule has 1 heterocycles. The third-order valence-corrected chi connectivity index (χ3v) is 4.69. The molecule has 24 heavy (non-hydrogen) atoms. The Balaban J connectivity index is 1.71. The van der Waals surface area contributed by atoms with Crippen LogP contribution in [0.5, 0.6) is 0 Å². The number of aromatic nitrogens is 1. The Kier molecular flexibility index (Phi) is 5.46. The number of rotatable bonds is 7. The first kappa shape index (κ1) is 16.9. The van der Waals surface area contributed by atoms with Crippen molar-refractivity contribution in [1.82, 2.24) is 9.88 Å². The number of allylic oxidation sites excluding steroid dienone is 2. The molecular weight excluding hydrogens is 364 g/mol. The zero-order chi connectivity index (χ0) is 16.9. The summed E-state index contributed by atoms with van der Waals surface area (Å²) in [6, 6.07) is 8.47. The molecule has 0 saturated heterocycles. The van der Waals surface area contributed by atoms with Crippen LogP contribution in [-0.4, -0.2) is 30.1 Å². The summed E-state index contributed by atoms with van der Waals surface area (Å²) >= 11 is 3.52. The lowest BCUT2D eigenvalue weighted by Gasteiger charge is -2.29. The van der Waals surface area contributed by atoms with E-state index in [1.54, 1.807) is 7.11 Å². The Morgan fingerprint density at radius 2 is 2.12 bits per heavy atom. The van der Waals surface area contributed by atoms with Gasteiger partial charge in [0, 0.05) is 53.2 Å². The molecule has 0 aliphatic heterocycles. The van der Waals surface area contributed by atoms with Crippen molar-refractivity contribution in [3.63, 3.8) is 0 Å². The summed E-state index contributed by atoms with van der Waals surface area (Å²) < 4.78 is 6.34. The molecule has 0 amide bonds. The van der Waals surface area contributed by atoms with Crippen LogP contribution in [0.3, 0.4) is 0 Å². The standard InChI is InChI=1S/C20H23BrN2O/c1-15(21)14-23(17-7-9-18(24-2)10-8-17)12-11-16-13-22-20-6-4-3-5-19(16)20/h3-7,10,13,22H,1,8-9,11-12,14H2,2H3. The number of benzene rings is 1. The van der Waals surface area contributed by atoms with Gasteiger partial charge in [0.2, 0.25) is 0 Å². The molecule has 0 bridgehead atoms. The lowest BCUT2D eigenvalue weighted by atomic mass is 10.1. The predicted molar refractivity (Wildman–Crippen MR) is 104 cm³/mol. The molecule has 0 saturated carbocycles. The third kappa shape index (κ3) is 3.93. The normalized spacial score (nSPS) is 14.2. The molecule has 0 atom stereocenters. The molecule has 1 aromatic carbocycles. The van der Waals surface area contributed by atoms with E-state index in [9.17, 15) is 0 Å². The lowest BCUT2D eigenvalue weighted by molar-refractivity contribution is 0.277. The highest BCUT2D eigenvalue weighted by atomic mass is 79.9. The maximum Gasteiger partial charge on any atom is 0.0957 e. The summed E-state index contributed by atoms with van der Waals surface area (Å²) in [6.45, 7) is 5.81. The predicted octanol–water partition coefficient (Wildman–Crippen LogP) is 5.13. The van der Waals surface area contributed by atoms with Gasteiger partial charge in [-0.15, -0.1) is 0 Å². The van der Waals surface area contributed by atoms with Crippen molar-refractivity contribution in [2.24, 2.45) is 0 Å². The second-order valence-corrected chi connectivity index (χ2v) is 7.15. The Morgan fingerprint density at radius 3 is 2.83 bits per heavy atom. The second kappa shape index (κ2) is 7.75. The minimum absolute atomic E-state index is 0.824. The van der Waals surface area contributed by atoms with Crippen molar-refractivity contribution in [3.8, 4) is 0 Å². The summed E-state index contributed by atoms with van der Waals surface area (Å²) in [7, 11) is 1.74. The lowest BCUT2D eigenvalue weighted by Crippen LogP contribution is -2.27. The minimum Gasteiger partial charge on any atom is -0.501 e. The fraction of sp³-hybridized carbons (Fsp3) is 0.300. The minimum atomic E-state index is 0.824. The topological polar surface area (TPSA) is 28.3 Å². The van der Waals surface area contributed by atoms with Crippen molar-refractivity contribution >= 4 is 26.8 Å². The van der Waals surface area contributed by atoms with Gasteiger partial charge in [-0.05, 0) is 24.1 Å². The van der Waals surface area contributed by atoms with E-state index in [1.807, 2.05) is 0 Å². The molecule has 3 nitrogen and oxygen atoms in total. The van der Waals surface area contributed by atoms with E-state index < -0.39 is 0 Å². The molecule has 0 spiro atoms. The molecule has 1 N–H and O–H groups in total. The molecular formula is C20H23BrN2O. The Hall–Kier alpha value is -1.94. The third-order valence-electron chi connectivity index (χ3n) is 4.43. The smallest absolute Gasteiger partial charge is 0.0957 e. The highest BCUT2D eigenvalue weighted by Crippen LogP contribution is 2.24. The van der Waals surface area contributed by atoms with Gasteiger partial charge in [-0.2, -0.15) is 0 Å². The summed E-state index contributed by atoms with van der Waals surface area (Å²) in [5.74, 6) is 1.05. The zero-order valence-electron chi connectivity index (χ0n) is 14.0. The highest BCUT2D eigenvalue weighted by molar-refractivity contribution is 9.11. The molecule has 3 rings (SSSR count). The van der Waals surface area contributed by atoms with Crippen LogP contribution in [0.2, 0.25) is 0 Å². The molecule has 0 fully saturated rings. The van der Waals surface area contributed by atoms with Crippen LogP contribution in [-0.2, 0) is 11.2 Å². The van der Waals surface area contributed by atoms with Crippen molar-refractivity contribution in [2.45, 2.75) is 19.3 Å². The molecule has 4 heteroatoms. The molecule has 0 unspecified atom stereocenters. The van der Waals surface area contributed by atoms with Crippen molar-refractivity contribution in [3.05, 3.63) is 70.7 Å². The number of hydrogen-bond donors (Lipinski definition) is 1. The molecule has 1 aromatic heterocycles. The van der Waals surface area contributed by atoms with Crippen LogP contribution >= 0.6 is 15.9 Å². The molecule has 1 aliphatic carbocycles. The van der Waals surface area contributed by atoms with Gasteiger partial charge in [-0.1, -0.05) is 46.8 Å². The van der Waals surface area contributed by atoms with Crippen LogP contribution in [0.4, 0.5) is 0 Å². The van der Waals surface area contributed by atoms with Gasteiger partial charge in [-0.3, -0.25) is 0 Å². The number of nitrogens with zero attached hydrogens (tertiary/aromatic N) is 1. The first-order chi connectivity index (χ1) is 11.7.